The van der Waals surface area contributed by atoms with Gasteiger partial charge in [-0.15, -0.1) is 0 Å². The molecular weight excluding hydrogens is 708 g/mol. The third-order valence-electron chi connectivity index (χ3n) is 6.34. The zero-order valence-electron chi connectivity index (χ0n) is 30.1. The van der Waals surface area contributed by atoms with Gasteiger partial charge in [0, 0.05) is 34.6 Å². The molecule has 0 unspecified atom stereocenters. The molecule has 1 aliphatic heterocycles. The lowest BCUT2D eigenvalue weighted by molar-refractivity contribution is -0.305. The molecule has 0 spiro atoms. The molecule has 0 aromatic carbocycles. The SMILES string of the molecule is CC(=O)O[C@@H](C)C(=O)OC[C@@H]1O[C@H](OC(=O)[C@H](C)OC(C)=O)[C@@H](OC(=O)[C@H](C)OC(C)=O)[C@H](OC(=O)[C@H](C)OC(C)=O)[C@H]1OC(=O)[C@H](C)OC(C)=O. The van der Waals surface area contributed by atoms with E-state index in [9.17, 15) is 47.9 Å². The minimum absolute atomic E-state index is 0.847. The van der Waals surface area contributed by atoms with E-state index in [1.807, 2.05) is 0 Å². The average molecular weight is 751 g/mol. The maximum atomic E-state index is 13.2. The van der Waals surface area contributed by atoms with E-state index in [1.165, 1.54) is 0 Å². The Morgan fingerprint density at radius 3 is 1.06 bits per heavy atom. The van der Waals surface area contributed by atoms with Gasteiger partial charge in [-0.2, -0.15) is 0 Å². The van der Waals surface area contributed by atoms with Gasteiger partial charge in [-0.1, -0.05) is 0 Å². The molecule has 0 saturated carbocycles. The Balaban J connectivity index is 3.89. The summed E-state index contributed by atoms with van der Waals surface area (Å²) in [5, 5.41) is 0. The summed E-state index contributed by atoms with van der Waals surface area (Å²) >= 11 is 0. The summed E-state index contributed by atoms with van der Waals surface area (Å²) in [6.07, 6.45) is -18.2. The van der Waals surface area contributed by atoms with E-state index in [1.54, 1.807) is 0 Å². The van der Waals surface area contributed by atoms with Crippen molar-refractivity contribution in [2.24, 2.45) is 0 Å². The quantitative estimate of drug-likeness (QED) is 0.139. The van der Waals surface area contributed by atoms with Gasteiger partial charge in [0.1, 0.15) is 12.7 Å². The van der Waals surface area contributed by atoms with Gasteiger partial charge >= 0.3 is 59.7 Å². The highest BCUT2D eigenvalue weighted by atomic mass is 16.8. The normalized spacial score (nSPS) is 22.2. The number of esters is 10. The fourth-order valence-corrected chi connectivity index (χ4v) is 4.18. The molecule has 1 heterocycles. The van der Waals surface area contributed by atoms with Crippen LogP contribution in [0.2, 0.25) is 0 Å². The molecule has 0 aromatic heterocycles. The van der Waals surface area contributed by atoms with Crippen molar-refractivity contribution < 1.29 is 100 Å². The van der Waals surface area contributed by atoms with E-state index in [2.05, 4.69) is 0 Å². The highest BCUT2D eigenvalue weighted by molar-refractivity contribution is 5.81. The predicted octanol–water partition coefficient (Wildman–Crippen LogP) is -0.709. The van der Waals surface area contributed by atoms with Crippen LogP contribution in [0.15, 0.2) is 0 Å². The second-order valence-electron chi connectivity index (χ2n) is 11.1. The van der Waals surface area contributed by atoms with Crippen molar-refractivity contribution in [3.63, 3.8) is 0 Å². The summed E-state index contributed by atoms with van der Waals surface area (Å²) in [6.45, 7) is 9.54. The molecule has 0 bridgehead atoms. The first kappa shape index (κ1) is 44.7. The standard InChI is InChI=1S/C31H42O21/c1-12(43-17(6)32)26(37)42-11-22-23(49-27(38)13(2)44-18(7)33)24(50-28(39)14(3)45-19(8)34)25(51-29(40)15(4)46-20(9)35)31(48-22)52-30(41)16(5)47-21(10)36/h12-16,22-25,31H,11H2,1-10H3/t12-,13-,14-,15-,16-,22-,23-,24+,25-,31+/m0/s1. The second kappa shape index (κ2) is 20.5. The van der Waals surface area contributed by atoms with Crippen LogP contribution in [-0.2, 0) is 100 Å². The second-order valence-corrected chi connectivity index (χ2v) is 11.1. The van der Waals surface area contributed by atoms with Crippen molar-refractivity contribution in [1.82, 2.24) is 0 Å². The number of hydrogen-bond donors (Lipinski definition) is 0. The van der Waals surface area contributed by atoms with Gasteiger partial charge in [-0.05, 0) is 34.6 Å². The molecule has 1 saturated heterocycles. The van der Waals surface area contributed by atoms with Gasteiger partial charge in [0.05, 0.1) is 0 Å². The lowest BCUT2D eigenvalue weighted by Gasteiger charge is -2.44. The van der Waals surface area contributed by atoms with E-state index < -0.39 is 128 Å². The third kappa shape index (κ3) is 14.9. The van der Waals surface area contributed by atoms with E-state index >= 15 is 0 Å². The zero-order chi connectivity index (χ0) is 40.0. The Morgan fingerprint density at radius 2 is 0.712 bits per heavy atom. The van der Waals surface area contributed by atoms with Gasteiger partial charge in [-0.3, -0.25) is 24.0 Å². The van der Waals surface area contributed by atoms with E-state index in [0.29, 0.717) is 0 Å². The van der Waals surface area contributed by atoms with Crippen molar-refractivity contribution in [3.8, 4) is 0 Å². The predicted molar refractivity (Wildman–Crippen MR) is 161 cm³/mol. The van der Waals surface area contributed by atoms with Crippen LogP contribution in [0.4, 0.5) is 0 Å². The molecule has 0 radical (unpaired) electrons. The molecule has 292 valence electrons. The van der Waals surface area contributed by atoms with Crippen LogP contribution in [-0.4, -0.2) is 128 Å². The fraction of sp³-hybridized carbons (Fsp3) is 0.677. The molecule has 0 N–H and O–H groups in total. The number of carbonyl (C=O) groups is 10. The maximum absolute atomic E-state index is 13.2. The Morgan fingerprint density at radius 1 is 0.423 bits per heavy atom. The molecule has 1 fully saturated rings. The van der Waals surface area contributed by atoms with Gasteiger partial charge < -0.3 is 52.1 Å². The summed E-state index contributed by atoms with van der Waals surface area (Å²) < 4.78 is 56.9. The Kier molecular flexibility index (Phi) is 17.6. The van der Waals surface area contributed by atoms with Crippen LogP contribution in [0.25, 0.3) is 0 Å². The molecule has 0 aromatic rings. The molecule has 0 amide bonds. The van der Waals surface area contributed by atoms with Crippen LogP contribution in [0.1, 0.15) is 69.2 Å². The molecular formula is C31H42O21. The summed E-state index contributed by atoms with van der Waals surface area (Å²) in [4.78, 5) is 123. The molecule has 21 nitrogen and oxygen atoms in total. The monoisotopic (exact) mass is 750 g/mol. The molecule has 1 rings (SSSR count). The summed E-state index contributed by atoms with van der Waals surface area (Å²) in [5.74, 6) is -11.0. The zero-order valence-corrected chi connectivity index (χ0v) is 30.1. The van der Waals surface area contributed by atoms with Gasteiger partial charge in [-0.25, -0.2) is 24.0 Å². The summed E-state index contributed by atoms with van der Waals surface area (Å²) in [6, 6.07) is 0. The first-order valence-electron chi connectivity index (χ1n) is 15.5. The molecule has 21 heteroatoms. The van der Waals surface area contributed by atoms with Crippen LogP contribution in [0, 0.1) is 0 Å². The molecule has 0 aliphatic carbocycles. The topological polar surface area (TPSA) is 272 Å². The number of hydrogen-bond acceptors (Lipinski definition) is 21. The third-order valence-corrected chi connectivity index (χ3v) is 6.34. The van der Waals surface area contributed by atoms with Crippen molar-refractivity contribution in [1.29, 1.82) is 0 Å². The van der Waals surface area contributed by atoms with Crippen LogP contribution >= 0.6 is 0 Å². The number of ether oxygens (including phenoxy) is 11. The van der Waals surface area contributed by atoms with Gasteiger partial charge in [0.2, 0.25) is 12.4 Å². The smallest absolute Gasteiger partial charge is 0.349 e. The van der Waals surface area contributed by atoms with E-state index in [4.69, 9.17) is 52.1 Å². The van der Waals surface area contributed by atoms with Crippen molar-refractivity contribution in [2.45, 2.75) is 130 Å². The van der Waals surface area contributed by atoms with E-state index in [0.717, 1.165) is 69.2 Å². The first-order valence-corrected chi connectivity index (χ1v) is 15.5. The minimum Gasteiger partial charge on any atom is -0.460 e. The lowest BCUT2D eigenvalue weighted by atomic mass is 9.97. The highest BCUT2D eigenvalue weighted by Crippen LogP contribution is 2.31. The lowest BCUT2D eigenvalue weighted by Crippen LogP contribution is -2.64. The maximum Gasteiger partial charge on any atom is 0.349 e. The van der Waals surface area contributed by atoms with Crippen LogP contribution in [0.3, 0.4) is 0 Å². The van der Waals surface area contributed by atoms with Gasteiger partial charge in [0.15, 0.2) is 42.7 Å². The Bertz CT molecular complexity index is 1370. The molecule has 10 atom stereocenters. The summed E-state index contributed by atoms with van der Waals surface area (Å²) in [7, 11) is 0. The molecule has 1 aliphatic rings. The van der Waals surface area contributed by atoms with Crippen molar-refractivity contribution >= 4 is 59.7 Å². The summed E-state index contributed by atoms with van der Waals surface area (Å²) in [5.41, 5.74) is 0. The molecule has 52 heavy (non-hydrogen) atoms. The number of carbonyl (C=O) groups excluding carboxylic acids is 10. The van der Waals surface area contributed by atoms with E-state index in [-0.39, 0.29) is 0 Å². The average Bonchev–Trinajstić information content (AvgIpc) is 3.00. The first-order chi connectivity index (χ1) is 24.0. The van der Waals surface area contributed by atoms with Crippen molar-refractivity contribution in [3.05, 3.63) is 0 Å². The van der Waals surface area contributed by atoms with Crippen molar-refractivity contribution in [2.75, 3.05) is 6.61 Å². The van der Waals surface area contributed by atoms with Crippen LogP contribution < -0.4 is 0 Å². The number of rotatable bonds is 16. The fourth-order valence-electron chi connectivity index (χ4n) is 4.18. The Hall–Kier alpha value is -5.34. The largest absolute Gasteiger partial charge is 0.460 e. The Labute approximate surface area is 297 Å². The highest BCUT2D eigenvalue weighted by Gasteiger charge is 2.55. The van der Waals surface area contributed by atoms with Crippen LogP contribution in [0.5, 0.6) is 0 Å². The minimum atomic E-state index is -2.17. The van der Waals surface area contributed by atoms with Gasteiger partial charge in [0.25, 0.3) is 0 Å².